The van der Waals surface area contributed by atoms with Crippen LogP contribution in [0.3, 0.4) is 0 Å². The standard InChI is InChI=1S/C16H24N2OS/c1-5-16(6-2,7-3)18-12-10-9-11-13(19-8-4)14(12)17-15(18)20/h9-11H,5-8H2,1-4H3,(H,17,20). The number of H-pyrrole nitrogens is 1. The molecule has 0 radical (unpaired) electrons. The van der Waals surface area contributed by atoms with Crippen molar-refractivity contribution in [2.75, 3.05) is 6.61 Å². The maximum Gasteiger partial charge on any atom is 0.178 e. The molecule has 0 saturated heterocycles. The van der Waals surface area contributed by atoms with Gasteiger partial charge in [0.25, 0.3) is 0 Å². The van der Waals surface area contributed by atoms with E-state index in [0.29, 0.717) is 6.61 Å². The van der Waals surface area contributed by atoms with E-state index in [9.17, 15) is 0 Å². The highest BCUT2D eigenvalue weighted by atomic mass is 32.1. The Kier molecular flexibility index (Phi) is 4.53. The number of fused-ring (bicyclic) bond motifs is 1. The van der Waals surface area contributed by atoms with Gasteiger partial charge in [0.15, 0.2) is 4.77 Å². The Morgan fingerprint density at radius 3 is 2.35 bits per heavy atom. The van der Waals surface area contributed by atoms with Gasteiger partial charge in [-0.25, -0.2) is 0 Å². The average molecular weight is 292 g/mol. The molecule has 1 heterocycles. The summed E-state index contributed by atoms with van der Waals surface area (Å²) in [4.78, 5) is 3.34. The van der Waals surface area contributed by atoms with Gasteiger partial charge in [-0.05, 0) is 50.5 Å². The lowest BCUT2D eigenvalue weighted by molar-refractivity contribution is 0.255. The Bertz CT molecular complexity index is 629. The van der Waals surface area contributed by atoms with Crippen LogP contribution in [0, 0.1) is 4.77 Å². The predicted molar refractivity (Wildman–Crippen MR) is 87.1 cm³/mol. The Hall–Kier alpha value is -1.29. The van der Waals surface area contributed by atoms with Gasteiger partial charge >= 0.3 is 0 Å². The van der Waals surface area contributed by atoms with Gasteiger partial charge in [0, 0.05) is 5.54 Å². The van der Waals surface area contributed by atoms with Crippen LogP contribution in [0.25, 0.3) is 11.0 Å². The molecule has 0 unspecified atom stereocenters. The largest absolute Gasteiger partial charge is 0.492 e. The summed E-state index contributed by atoms with van der Waals surface area (Å²) < 4.78 is 8.79. The summed E-state index contributed by atoms with van der Waals surface area (Å²) >= 11 is 5.60. The van der Waals surface area contributed by atoms with Gasteiger partial charge < -0.3 is 14.3 Å². The van der Waals surface area contributed by atoms with Crippen LogP contribution in [0.2, 0.25) is 0 Å². The maximum absolute atomic E-state index is 5.71. The smallest absolute Gasteiger partial charge is 0.178 e. The van der Waals surface area contributed by atoms with Crippen molar-refractivity contribution in [3.05, 3.63) is 23.0 Å². The predicted octanol–water partition coefficient (Wildman–Crippen LogP) is 5.02. The van der Waals surface area contributed by atoms with Crippen LogP contribution in [0.15, 0.2) is 18.2 Å². The average Bonchev–Trinajstić information content (AvgIpc) is 2.81. The number of imidazole rings is 1. The van der Waals surface area contributed by atoms with Crippen molar-refractivity contribution in [1.82, 2.24) is 9.55 Å². The topological polar surface area (TPSA) is 29.9 Å². The van der Waals surface area contributed by atoms with Crippen LogP contribution in [-0.2, 0) is 5.54 Å². The second-order valence-electron chi connectivity index (χ2n) is 5.13. The molecule has 3 nitrogen and oxygen atoms in total. The lowest BCUT2D eigenvalue weighted by Crippen LogP contribution is -2.31. The lowest BCUT2D eigenvalue weighted by Gasteiger charge is -2.33. The molecule has 1 N–H and O–H groups in total. The molecule has 1 aromatic carbocycles. The lowest BCUT2D eigenvalue weighted by atomic mass is 9.89. The summed E-state index contributed by atoms with van der Waals surface area (Å²) in [6.45, 7) is 9.37. The van der Waals surface area contributed by atoms with Crippen molar-refractivity contribution in [1.29, 1.82) is 0 Å². The number of nitrogens with zero attached hydrogens (tertiary/aromatic N) is 1. The third kappa shape index (κ3) is 2.26. The van der Waals surface area contributed by atoms with Gasteiger partial charge in [0.05, 0.1) is 12.1 Å². The van der Waals surface area contributed by atoms with Crippen LogP contribution in [0.1, 0.15) is 47.0 Å². The van der Waals surface area contributed by atoms with Gasteiger partial charge in [0.1, 0.15) is 11.3 Å². The summed E-state index contributed by atoms with van der Waals surface area (Å²) in [6.07, 6.45) is 3.21. The summed E-state index contributed by atoms with van der Waals surface area (Å²) in [5.41, 5.74) is 2.24. The van der Waals surface area contributed by atoms with E-state index in [0.717, 1.165) is 40.8 Å². The Morgan fingerprint density at radius 1 is 1.15 bits per heavy atom. The normalized spacial score (nSPS) is 12.0. The number of hydrogen-bond acceptors (Lipinski definition) is 2. The number of hydrogen-bond donors (Lipinski definition) is 1. The van der Waals surface area contributed by atoms with Gasteiger partial charge in [-0.2, -0.15) is 0 Å². The SMILES string of the molecule is CCOc1cccc2c1[nH]c(=S)n2C(CC)(CC)CC. The fourth-order valence-electron chi connectivity index (χ4n) is 3.07. The molecule has 1 aromatic heterocycles. The molecule has 0 aliphatic carbocycles. The number of nitrogens with one attached hydrogen (secondary N) is 1. The molecule has 2 rings (SSSR count). The molecular formula is C16H24N2OS. The van der Waals surface area contributed by atoms with E-state index in [-0.39, 0.29) is 5.54 Å². The van der Waals surface area contributed by atoms with Crippen molar-refractivity contribution >= 4 is 23.3 Å². The molecule has 0 spiro atoms. The van der Waals surface area contributed by atoms with E-state index in [4.69, 9.17) is 17.0 Å². The minimum absolute atomic E-state index is 0.0835. The number of para-hydroxylation sites is 1. The van der Waals surface area contributed by atoms with Crippen LogP contribution >= 0.6 is 12.2 Å². The van der Waals surface area contributed by atoms with Crippen molar-refractivity contribution in [2.45, 2.75) is 52.5 Å². The van der Waals surface area contributed by atoms with E-state index in [1.165, 1.54) is 0 Å². The van der Waals surface area contributed by atoms with Crippen LogP contribution in [0.4, 0.5) is 0 Å². The highest BCUT2D eigenvalue weighted by Gasteiger charge is 2.29. The first-order valence-corrected chi connectivity index (χ1v) is 7.91. The van der Waals surface area contributed by atoms with E-state index in [2.05, 4.69) is 36.4 Å². The third-order valence-electron chi connectivity index (χ3n) is 4.43. The first kappa shape index (κ1) is 15.1. The Balaban J connectivity index is 2.75. The number of rotatable bonds is 6. The fraction of sp³-hybridized carbons (Fsp3) is 0.562. The third-order valence-corrected chi connectivity index (χ3v) is 4.71. The summed E-state index contributed by atoms with van der Waals surface area (Å²) in [5.74, 6) is 0.882. The van der Waals surface area contributed by atoms with Gasteiger partial charge in [-0.1, -0.05) is 26.8 Å². The van der Waals surface area contributed by atoms with Crippen molar-refractivity contribution in [2.24, 2.45) is 0 Å². The summed E-state index contributed by atoms with van der Waals surface area (Å²) in [5, 5.41) is 0. The molecule has 0 aliphatic rings. The molecular weight excluding hydrogens is 268 g/mol. The maximum atomic E-state index is 5.71. The van der Waals surface area contributed by atoms with Crippen LogP contribution < -0.4 is 4.74 Å². The van der Waals surface area contributed by atoms with Crippen LogP contribution in [-0.4, -0.2) is 16.2 Å². The molecule has 4 heteroatoms. The summed E-state index contributed by atoms with van der Waals surface area (Å²) in [6, 6.07) is 6.16. The van der Waals surface area contributed by atoms with Gasteiger partial charge in [-0.15, -0.1) is 0 Å². The molecule has 0 saturated carbocycles. The number of ether oxygens (including phenoxy) is 1. The molecule has 0 amide bonds. The van der Waals surface area contributed by atoms with Crippen molar-refractivity contribution in [3.63, 3.8) is 0 Å². The monoisotopic (exact) mass is 292 g/mol. The Labute approximate surface area is 126 Å². The molecule has 0 bridgehead atoms. The van der Waals surface area contributed by atoms with E-state index in [1.54, 1.807) is 0 Å². The Morgan fingerprint density at radius 2 is 1.80 bits per heavy atom. The second-order valence-corrected chi connectivity index (χ2v) is 5.52. The van der Waals surface area contributed by atoms with E-state index < -0.39 is 0 Å². The second kappa shape index (κ2) is 6.00. The zero-order valence-electron chi connectivity index (χ0n) is 12.8. The fourth-order valence-corrected chi connectivity index (χ4v) is 3.47. The molecule has 2 aromatic rings. The highest BCUT2D eigenvalue weighted by Crippen LogP contribution is 2.35. The van der Waals surface area contributed by atoms with Gasteiger partial charge in [-0.3, -0.25) is 0 Å². The molecule has 0 aliphatic heterocycles. The molecule has 110 valence electrons. The minimum Gasteiger partial charge on any atom is -0.492 e. The van der Waals surface area contributed by atoms with Crippen molar-refractivity contribution < 1.29 is 4.74 Å². The van der Waals surface area contributed by atoms with E-state index in [1.807, 2.05) is 19.1 Å². The zero-order valence-corrected chi connectivity index (χ0v) is 13.6. The molecule has 0 fully saturated rings. The molecule has 20 heavy (non-hydrogen) atoms. The first-order chi connectivity index (χ1) is 9.63. The van der Waals surface area contributed by atoms with Gasteiger partial charge in [0.2, 0.25) is 0 Å². The zero-order chi connectivity index (χ0) is 14.8. The number of benzene rings is 1. The number of aromatic amines is 1. The minimum atomic E-state index is 0.0835. The van der Waals surface area contributed by atoms with Crippen LogP contribution in [0.5, 0.6) is 5.75 Å². The first-order valence-electron chi connectivity index (χ1n) is 7.50. The van der Waals surface area contributed by atoms with E-state index >= 15 is 0 Å². The summed E-state index contributed by atoms with van der Waals surface area (Å²) in [7, 11) is 0. The number of aromatic nitrogens is 2. The highest BCUT2D eigenvalue weighted by molar-refractivity contribution is 7.71. The molecule has 0 atom stereocenters. The van der Waals surface area contributed by atoms with Crippen molar-refractivity contribution in [3.8, 4) is 5.75 Å². The quantitative estimate of drug-likeness (QED) is 0.757.